The molecule has 2 aliphatic rings. The smallest absolute Gasteiger partial charge is 0.0506 e. The molecule has 1 unspecified atom stereocenters. The summed E-state index contributed by atoms with van der Waals surface area (Å²) < 4.78 is 10.9. The van der Waals surface area contributed by atoms with E-state index in [0.717, 1.165) is 52.4 Å². The molecule has 0 amide bonds. The molecule has 2 fully saturated rings. The molecule has 0 saturated carbocycles. The number of hydrogen-bond acceptors (Lipinski definition) is 4. The Morgan fingerprint density at radius 2 is 2.00 bits per heavy atom. The lowest BCUT2D eigenvalue weighted by Gasteiger charge is -2.39. The van der Waals surface area contributed by atoms with Crippen molar-refractivity contribution in [1.29, 1.82) is 0 Å². The summed E-state index contributed by atoms with van der Waals surface area (Å²) in [6.07, 6.45) is 4.43. The van der Waals surface area contributed by atoms with Crippen LogP contribution in [0, 0.1) is 11.3 Å². The van der Waals surface area contributed by atoms with Gasteiger partial charge in [-0.3, -0.25) is 0 Å². The number of aliphatic hydroxyl groups excluding tert-OH is 1. The molecule has 0 spiro atoms. The molecule has 18 heavy (non-hydrogen) atoms. The minimum atomic E-state index is 0.0581. The predicted molar refractivity (Wildman–Crippen MR) is 70.6 cm³/mol. The van der Waals surface area contributed by atoms with Crippen molar-refractivity contribution in [2.45, 2.75) is 25.7 Å². The molecule has 0 aliphatic carbocycles. The number of ether oxygens (including phenoxy) is 2. The Hall–Kier alpha value is -0.160. The Labute approximate surface area is 110 Å². The van der Waals surface area contributed by atoms with Gasteiger partial charge in [-0.2, -0.15) is 0 Å². The molecule has 0 radical (unpaired) electrons. The maximum absolute atomic E-state index is 9.69. The summed E-state index contributed by atoms with van der Waals surface area (Å²) in [5.41, 5.74) is 0.0581. The van der Waals surface area contributed by atoms with Crippen LogP contribution in [-0.2, 0) is 9.47 Å². The Kier molecular flexibility index (Phi) is 5.42. The molecule has 2 rings (SSSR count). The first-order valence-electron chi connectivity index (χ1n) is 7.19. The van der Waals surface area contributed by atoms with Crippen molar-refractivity contribution in [2.24, 2.45) is 11.3 Å². The van der Waals surface area contributed by atoms with E-state index in [4.69, 9.17) is 9.47 Å². The third-order valence-corrected chi connectivity index (χ3v) is 4.32. The van der Waals surface area contributed by atoms with Crippen LogP contribution in [0.2, 0.25) is 0 Å². The predicted octanol–water partition coefficient (Wildman–Crippen LogP) is 1.13. The second kappa shape index (κ2) is 6.85. The molecule has 0 bridgehead atoms. The summed E-state index contributed by atoms with van der Waals surface area (Å²) in [6, 6.07) is 0. The van der Waals surface area contributed by atoms with Gasteiger partial charge in [0, 0.05) is 38.3 Å². The monoisotopic (exact) mass is 257 g/mol. The van der Waals surface area contributed by atoms with E-state index >= 15 is 0 Å². The average Bonchev–Trinajstić information content (AvgIpc) is 2.41. The fourth-order valence-corrected chi connectivity index (χ4v) is 3.20. The van der Waals surface area contributed by atoms with Gasteiger partial charge in [0.1, 0.15) is 0 Å². The Morgan fingerprint density at radius 1 is 1.22 bits per heavy atom. The van der Waals surface area contributed by atoms with Gasteiger partial charge in [0.25, 0.3) is 0 Å². The highest BCUT2D eigenvalue weighted by Gasteiger charge is 2.33. The van der Waals surface area contributed by atoms with E-state index < -0.39 is 0 Å². The SMILES string of the molecule is CN(CC1CCCOC1)CC1(CO)CCOCC1. The summed E-state index contributed by atoms with van der Waals surface area (Å²) in [6.45, 7) is 5.76. The molecular weight excluding hydrogens is 230 g/mol. The van der Waals surface area contributed by atoms with E-state index in [0.29, 0.717) is 5.92 Å². The fraction of sp³-hybridized carbons (Fsp3) is 1.00. The van der Waals surface area contributed by atoms with Gasteiger partial charge in [-0.05, 0) is 38.6 Å². The molecule has 4 heteroatoms. The first-order valence-corrected chi connectivity index (χ1v) is 7.19. The largest absolute Gasteiger partial charge is 0.396 e. The van der Waals surface area contributed by atoms with Gasteiger partial charge >= 0.3 is 0 Å². The summed E-state index contributed by atoms with van der Waals surface area (Å²) in [7, 11) is 2.17. The van der Waals surface area contributed by atoms with Gasteiger partial charge in [0.05, 0.1) is 13.2 Å². The number of rotatable bonds is 5. The molecule has 0 aromatic rings. The van der Waals surface area contributed by atoms with Crippen molar-refractivity contribution in [2.75, 3.05) is 53.2 Å². The van der Waals surface area contributed by atoms with Gasteiger partial charge in [-0.25, -0.2) is 0 Å². The average molecular weight is 257 g/mol. The van der Waals surface area contributed by atoms with Crippen LogP contribution in [0.5, 0.6) is 0 Å². The first-order chi connectivity index (χ1) is 8.74. The highest BCUT2D eigenvalue weighted by Crippen LogP contribution is 2.31. The number of aliphatic hydroxyl groups is 1. The minimum Gasteiger partial charge on any atom is -0.396 e. The van der Waals surface area contributed by atoms with Gasteiger partial charge < -0.3 is 19.5 Å². The lowest BCUT2D eigenvalue weighted by molar-refractivity contribution is -0.0364. The number of nitrogens with zero attached hydrogens (tertiary/aromatic N) is 1. The molecule has 2 saturated heterocycles. The first kappa shape index (κ1) is 14.3. The molecule has 2 heterocycles. The molecule has 0 aromatic heterocycles. The van der Waals surface area contributed by atoms with Crippen LogP contribution in [0.15, 0.2) is 0 Å². The van der Waals surface area contributed by atoms with Crippen molar-refractivity contribution >= 4 is 0 Å². The van der Waals surface area contributed by atoms with Gasteiger partial charge in [-0.1, -0.05) is 0 Å². The van der Waals surface area contributed by atoms with Crippen LogP contribution >= 0.6 is 0 Å². The van der Waals surface area contributed by atoms with E-state index in [2.05, 4.69) is 11.9 Å². The zero-order valence-corrected chi connectivity index (χ0v) is 11.6. The maximum Gasteiger partial charge on any atom is 0.0506 e. The van der Waals surface area contributed by atoms with Crippen LogP contribution in [0.4, 0.5) is 0 Å². The van der Waals surface area contributed by atoms with E-state index in [9.17, 15) is 5.11 Å². The number of hydrogen-bond donors (Lipinski definition) is 1. The highest BCUT2D eigenvalue weighted by atomic mass is 16.5. The maximum atomic E-state index is 9.69. The van der Waals surface area contributed by atoms with Crippen LogP contribution in [0.1, 0.15) is 25.7 Å². The standard InChI is InChI=1S/C14H27NO3/c1-15(9-13-3-2-6-18-10-13)11-14(12-16)4-7-17-8-5-14/h13,16H,2-12H2,1H3. The summed E-state index contributed by atoms with van der Waals surface area (Å²) >= 11 is 0. The van der Waals surface area contributed by atoms with E-state index in [1.807, 2.05) is 0 Å². The highest BCUT2D eigenvalue weighted by molar-refractivity contribution is 4.84. The zero-order chi connectivity index (χ0) is 12.8. The third-order valence-electron chi connectivity index (χ3n) is 4.32. The Bertz CT molecular complexity index is 235. The van der Waals surface area contributed by atoms with Crippen LogP contribution in [0.25, 0.3) is 0 Å². The topological polar surface area (TPSA) is 41.9 Å². The molecule has 1 atom stereocenters. The van der Waals surface area contributed by atoms with Gasteiger partial charge in [0.15, 0.2) is 0 Å². The van der Waals surface area contributed by atoms with Crippen molar-refractivity contribution in [3.63, 3.8) is 0 Å². The third kappa shape index (κ3) is 3.92. The second-order valence-corrected chi connectivity index (χ2v) is 6.05. The summed E-state index contributed by atoms with van der Waals surface area (Å²) in [4.78, 5) is 2.38. The van der Waals surface area contributed by atoms with E-state index in [1.165, 1.54) is 12.8 Å². The van der Waals surface area contributed by atoms with Crippen LogP contribution < -0.4 is 0 Å². The fourth-order valence-electron chi connectivity index (χ4n) is 3.20. The van der Waals surface area contributed by atoms with Crippen LogP contribution in [-0.4, -0.2) is 63.2 Å². The zero-order valence-electron chi connectivity index (χ0n) is 11.6. The van der Waals surface area contributed by atoms with E-state index in [1.54, 1.807) is 0 Å². The lowest BCUT2D eigenvalue weighted by Crippen LogP contribution is -2.44. The van der Waals surface area contributed by atoms with E-state index in [-0.39, 0.29) is 12.0 Å². The molecule has 2 aliphatic heterocycles. The van der Waals surface area contributed by atoms with Crippen LogP contribution in [0.3, 0.4) is 0 Å². The molecular formula is C14H27NO3. The molecule has 106 valence electrons. The molecule has 4 nitrogen and oxygen atoms in total. The molecule has 1 N–H and O–H groups in total. The molecule has 0 aromatic carbocycles. The summed E-state index contributed by atoms with van der Waals surface area (Å²) in [5, 5.41) is 9.69. The normalized spacial score (nSPS) is 28.5. The second-order valence-electron chi connectivity index (χ2n) is 6.05. The quantitative estimate of drug-likeness (QED) is 0.802. The van der Waals surface area contributed by atoms with Gasteiger partial charge in [0.2, 0.25) is 0 Å². The minimum absolute atomic E-state index is 0.0581. The summed E-state index contributed by atoms with van der Waals surface area (Å²) in [5.74, 6) is 0.666. The van der Waals surface area contributed by atoms with Crippen molar-refractivity contribution in [1.82, 2.24) is 4.90 Å². The van der Waals surface area contributed by atoms with Crippen molar-refractivity contribution in [3.8, 4) is 0 Å². The van der Waals surface area contributed by atoms with Gasteiger partial charge in [-0.15, -0.1) is 0 Å². The van der Waals surface area contributed by atoms with Crippen molar-refractivity contribution < 1.29 is 14.6 Å². The lowest BCUT2D eigenvalue weighted by atomic mass is 9.80. The Balaban J connectivity index is 1.78. The Morgan fingerprint density at radius 3 is 2.61 bits per heavy atom. The van der Waals surface area contributed by atoms with Crippen molar-refractivity contribution in [3.05, 3.63) is 0 Å².